The van der Waals surface area contributed by atoms with Gasteiger partial charge in [-0.3, -0.25) is 4.90 Å². The molecule has 1 fully saturated rings. The predicted octanol–water partition coefficient (Wildman–Crippen LogP) is 3.41. The van der Waals surface area contributed by atoms with E-state index in [-0.39, 0.29) is 6.61 Å². The number of likely N-dealkylation sites (tertiary alicyclic amines) is 1. The van der Waals surface area contributed by atoms with Crippen molar-refractivity contribution in [3.05, 3.63) is 71.8 Å². The minimum atomic E-state index is 0.239. The molecule has 1 aliphatic heterocycles. The highest BCUT2D eigenvalue weighted by Gasteiger charge is 2.29. The van der Waals surface area contributed by atoms with Gasteiger partial charge >= 0.3 is 0 Å². The number of benzene rings is 2. The molecule has 0 radical (unpaired) electrons. The van der Waals surface area contributed by atoms with Gasteiger partial charge in [-0.2, -0.15) is 0 Å². The topological polar surface area (TPSA) is 35.5 Å². The molecule has 1 aliphatic rings. The van der Waals surface area contributed by atoms with E-state index in [0.717, 1.165) is 26.1 Å². The van der Waals surface area contributed by atoms with Crippen LogP contribution in [0.4, 0.5) is 0 Å². The molecule has 0 aromatic heterocycles. The first-order valence-corrected chi connectivity index (χ1v) is 9.43. The first-order valence-electron chi connectivity index (χ1n) is 9.43. The average molecular weight is 338 g/mol. The molecule has 2 aromatic carbocycles. The van der Waals surface area contributed by atoms with Crippen LogP contribution in [0.5, 0.6) is 0 Å². The number of aliphatic hydroxyl groups is 1. The van der Waals surface area contributed by atoms with Gasteiger partial charge in [-0.05, 0) is 36.8 Å². The van der Waals surface area contributed by atoms with Crippen LogP contribution < -0.4 is 5.32 Å². The smallest absolute Gasteiger partial charge is 0.0437 e. The lowest BCUT2D eigenvalue weighted by Crippen LogP contribution is -2.35. The summed E-state index contributed by atoms with van der Waals surface area (Å²) in [6, 6.07) is 22.4. The lowest BCUT2D eigenvalue weighted by atomic mass is 9.95. The number of hydrogen-bond donors (Lipinski definition) is 2. The van der Waals surface area contributed by atoms with Gasteiger partial charge in [0.2, 0.25) is 0 Å². The summed E-state index contributed by atoms with van der Waals surface area (Å²) >= 11 is 0. The van der Waals surface area contributed by atoms with Crippen molar-refractivity contribution in [2.75, 3.05) is 19.7 Å². The van der Waals surface area contributed by atoms with Crippen LogP contribution in [-0.2, 0) is 6.54 Å². The molecule has 0 saturated carbocycles. The molecule has 0 spiro atoms. The maximum absolute atomic E-state index is 9.40. The molecule has 2 N–H and O–H groups in total. The van der Waals surface area contributed by atoms with Gasteiger partial charge < -0.3 is 10.4 Å². The summed E-state index contributed by atoms with van der Waals surface area (Å²) < 4.78 is 0. The van der Waals surface area contributed by atoms with E-state index in [4.69, 9.17) is 0 Å². The Bertz CT molecular complexity index is 616. The molecule has 3 nitrogen and oxygen atoms in total. The van der Waals surface area contributed by atoms with Crippen LogP contribution in [0.3, 0.4) is 0 Å². The Morgan fingerprint density at radius 1 is 1.08 bits per heavy atom. The van der Waals surface area contributed by atoms with Crippen molar-refractivity contribution < 1.29 is 5.11 Å². The largest absolute Gasteiger partial charge is 0.396 e. The molecule has 25 heavy (non-hydrogen) atoms. The molecule has 1 heterocycles. The van der Waals surface area contributed by atoms with E-state index in [0.29, 0.717) is 18.0 Å². The van der Waals surface area contributed by atoms with Crippen molar-refractivity contribution in [2.24, 2.45) is 0 Å². The van der Waals surface area contributed by atoms with Crippen molar-refractivity contribution >= 4 is 0 Å². The van der Waals surface area contributed by atoms with Crippen molar-refractivity contribution in [2.45, 2.75) is 44.3 Å². The second-order valence-electron chi connectivity index (χ2n) is 7.22. The first kappa shape index (κ1) is 18.1. The van der Waals surface area contributed by atoms with E-state index in [1.165, 1.54) is 17.5 Å². The quantitative estimate of drug-likeness (QED) is 0.774. The molecule has 0 aliphatic carbocycles. The van der Waals surface area contributed by atoms with Crippen LogP contribution in [0.25, 0.3) is 0 Å². The van der Waals surface area contributed by atoms with Gasteiger partial charge in [0, 0.05) is 38.3 Å². The Balaban J connectivity index is 1.53. The molecule has 3 heteroatoms. The highest BCUT2D eigenvalue weighted by Crippen LogP contribution is 2.22. The number of aliphatic hydroxyl groups excluding tert-OH is 1. The summed E-state index contributed by atoms with van der Waals surface area (Å²) in [5.41, 5.74) is 2.70. The molecule has 0 bridgehead atoms. The second kappa shape index (κ2) is 9.14. The van der Waals surface area contributed by atoms with E-state index in [1.807, 2.05) is 6.07 Å². The van der Waals surface area contributed by atoms with Crippen LogP contribution in [0.15, 0.2) is 60.7 Å². The van der Waals surface area contributed by atoms with Crippen LogP contribution >= 0.6 is 0 Å². The SMILES string of the molecule is CC1CC(NCC(CCO)c2ccccc2)CN1Cc1ccccc1. The molecule has 3 rings (SSSR count). The maximum atomic E-state index is 9.40. The third-order valence-corrected chi connectivity index (χ3v) is 5.33. The maximum Gasteiger partial charge on any atom is 0.0437 e. The summed E-state index contributed by atoms with van der Waals surface area (Å²) in [6.07, 6.45) is 2.00. The molecular weight excluding hydrogens is 308 g/mol. The molecule has 3 unspecified atom stereocenters. The Labute approximate surface area is 151 Å². The zero-order valence-electron chi connectivity index (χ0n) is 15.1. The van der Waals surface area contributed by atoms with E-state index >= 15 is 0 Å². The predicted molar refractivity (Wildman–Crippen MR) is 104 cm³/mol. The zero-order chi connectivity index (χ0) is 17.5. The van der Waals surface area contributed by atoms with E-state index in [9.17, 15) is 5.11 Å². The number of nitrogens with zero attached hydrogens (tertiary/aromatic N) is 1. The highest BCUT2D eigenvalue weighted by atomic mass is 16.3. The first-order chi connectivity index (χ1) is 12.3. The molecule has 0 amide bonds. The fraction of sp³-hybridized carbons (Fsp3) is 0.455. The minimum absolute atomic E-state index is 0.239. The Kier molecular flexibility index (Phi) is 6.62. The Hall–Kier alpha value is -1.68. The van der Waals surface area contributed by atoms with Crippen molar-refractivity contribution in [3.8, 4) is 0 Å². The number of nitrogens with one attached hydrogen (secondary N) is 1. The van der Waals surface area contributed by atoms with Crippen LogP contribution in [0.2, 0.25) is 0 Å². The summed E-state index contributed by atoms with van der Waals surface area (Å²) in [7, 11) is 0. The second-order valence-corrected chi connectivity index (χ2v) is 7.22. The Morgan fingerprint density at radius 2 is 1.76 bits per heavy atom. The van der Waals surface area contributed by atoms with E-state index in [1.54, 1.807) is 0 Å². The Morgan fingerprint density at radius 3 is 2.44 bits per heavy atom. The van der Waals surface area contributed by atoms with Crippen LogP contribution in [-0.4, -0.2) is 41.8 Å². The van der Waals surface area contributed by atoms with Crippen molar-refractivity contribution in [1.82, 2.24) is 10.2 Å². The van der Waals surface area contributed by atoms with Gasteiger partial charge in [0.05, 0.1) is 0 Å². The van der Waals surface area contributed by atoms with Crippen molar-refractivity contribution in [3.63, 3.8) is 0 Å². The summed E-state index contributed by atoms with van der Waals surface area (Å²) in [4.78, 5) is 2.57. The fourth-order valence-electron chi connectivity index (χ4n) is 3.86. The molecule has 3 atom stereocenters. The molecule has 134 valence electrons. The highest BCUT2D eigenvalue weighted by molar-refractivity contribution is 5.20. The third-order valence-electron chi connectivity index (χ3n) is 5.33. The monoisotopic (exact) mass is 338 g/mol. The normalized spacial score (nSPS) is 22.2. The van der Waals surface area contributed by atoms with Gasteiger partial charge in [-0.25, -0.2) is 0 Å². The van der Waals surface area contributed by atoms with Crippen LogP contribution in [0.1, 0.15) is 36.8 Å². The summed E-state index contributed by atoms with van der Waals surface area (Å²) in [5, 5.41) is 13.2. The average Bonchev–Trinajstić information content (AvgIpc) is 3.00. The molecule has 2 aromatic rings. The number of hydrogen-bond acceptors (Lipinski definition) is 3. The summed E-state index contributed by atoms with van der Waals surface area (Å²) in [6.45, 7) is 5.62. The van der Waals surface area contributed by atoms with Gasteiger partial charge in [-0.15, -0.1) is 0 Å². The van der Waals surface area contributed by atoms with E-state index in [2.05, 4.69) is 71.7 Å². The van der Waals surface area contributed by atoms with Crippen molar-refractivity contribution in [1.29, 1.82) is 0 Å². The standard InChI is InChI=1S/C22H30N2O/c1-18-14-22(17-24(18)16-19-8-4-2-5-9-19)23-15-21(12-13-25)20-10-6-3-7-11-20/h2-11,18,21-23,25H,12-17H2,1H3. The summed E-state index contributed by atoms with van der Waals surface area (Å²) in [5.74, 6) is 0.379. The lowest BCUT2D eigenvalue weighted by molar-refractivity contribution is 0.255. The minimum Gasteiger partial charge on any atom is -0.396 e. The van der Waals surface area contributed by atoms with Gasteiger partial charge in [0.1, 0.15) is 0 Å². The van der Waals surface area contributed by atoms with Gasteiger partial charge in [0.25, 0.3) is 0 Å². The number of rotatable bonds is 8. The lowest BCUT2D eigenvalue weighted by Gasteiger charge is -2.22. The van der Waals surface area contributed by atoms with Crippen LogP contribution in [0, 0.1) is 0 Å². The fourth-order valence-corrected chi connectivity index (χ4v) is 3.86. The van der Waals surface area contributed by atoms with Gasteiger partial charge in [-0.1, -0.05) is 60.7 Å². The van der Waals surface area contributed by atoms with E-state index < -0.39 is 0 Å². The van der Waals surface area contributed by atoms with Gasteiger partial charge in [0.15, 0.2) is 0 Å². The third kappa shape index (κ3) is 5.15. The molecule has 1 saturated heterocycles. The zero-order valence-corrected chi connectivity index (χ0v) is 15.1. The molecular formula is C22H30N2O.